The van der Waals surface area contributed by atoms with E-state index < -0.39 is 12.7 Å². The van der Waals surface area contributed by atoms with Crippen molar-refractivity contribution in [2.45, 2.75) is 32.0 Å². The number of aromatic nitrogens is 1. The van der Waals surface area contributed by atoms with Gasteiger partial charge in [-0.25, -0.2) is 0 Å². The number of hydrogen-bond acceptors (Lipinski definition) is 4. The van der Waals surface area contributed by atoms with Crippen LogP contribution in [0.3, 0.4) is 0 Å². The molecule has 1 N–H and O–H groups in total. The van der Waals surface area contributed by atoms with Gasteiger partial charge in [-0.2, -0.15) is 8.78 Å². The predicted molar refractivity (Wildman–Crippen MR) is 84.2 cm³/mol. The number of alkyl halides is 2. The molecule has 1 aliphatic carbocycles. The molecule has 0 bridgehead atoms. The second-order valence-corrected chi connectivity index (χ2v) is 5.88. The molecule has 0 saturated heterocycles. The van der Waals surface area contributed by atoms with Crippen LogP contribution in [0.5, 0.6) is 11.5 Å². The second-order valence-electron chi connectivity index (χ2n) is 5.88. The monoisotopic (exact) mass is 335 g/mol. The molecule has 1 heterocycles. The van der Waals surface area contributed by atoms with E-state index in [4.69, 9.17) is 4.74 Å². The Labute approximate surface area is 139 Å². The summed E-state index contributed by atoms with van der Waals surface area (Å²) >= 11 is 0. The van der Waals surface area contributed by atoms with Crippen LogP contribution in [0.25, 0.3) is 0 Å². The average molecular weight is 335 g/mol. The first-order chi connectivity index (χ1) is 11.6. The lowest BCUT2D eigenvalue weighted by Crippen LogP contribution is -2.08. The molecular weight excluding hydrogens is 316 g/mol. The maximum Gasteiger partial charge on any atom is 0.387 e. The molecule has 128 valence electrons. The summed E-state index contributed by atoms with van der Waals surface area (Å²) < 4.78 is 35.2. The fourth-order valence-electron chi connectivity index (χ4n) is 2.37. The summed E-state index contributed by atoms with van der Waals surface area (Å²) in [6, 6.07) is 10.0. The summed E-state index contributed by atoms with van der Waals surface area (Å²) in [6.07, 6.45) is 3.37. The van der Waals surface area contributed by atoms with Crippen molar-refractivity contribution < 1.29 is 23.4 Å². The average Bonchev–Trinajstić information content (AvgIpc) is 3.38. The van der Waals surface area contributed by atoms with E-state index in [1.165, 1.54) is 6.07 Å². The topological polar surface area (TPSA) is 51.6 Å². The normalized spacial score (nSPS) is 15.3. The smallest absolute Gasteiger partial charge is 0.387 e. The highest BCUT2D eigenvalue weighted by Crippen LogP contribution is 2.35. The first kappa shape index (κ1) is 16.6. The summed E-state index contributed by atoms with van der Waals surface area (Å²) in [5.74, 6) is 0.700. The highest BCUT2D eigenvalue weighted by Gasteiger charge is 2.23. The number of benzene rings is 1. The third-order valence-corrected chi connectivity index (χ3v) is 3.87. The van der Waals surface area contributed by atoms with Gasteiger partial charge in [0.2, 0.25) is 0 Å². The number of pyridine rings is 1. The number of aliphatic hydroxyl groups excluding tert-OH is 1. The Morgan fingerprint density at radius 2 is 2.00 bits per heavy atom. The predicted octanol–water partition coefficient (Wildman–Crippen LogP) is 3.75. The maximum absolute atomic E-state index is 12.5. The van der Waals surface area contributed by atoms with Gasteiger partial charge in [0.15, 0.2) is 11.5 Å². The number of hydrogen-bond donors (Lipinski definition) is 1. The Hall–Kier alpha value is -2.21. The van der Waals surface area contributed by atoms with Gasteiger partial charge in [0, 0.05) is 18.3 Å². The summed E-state index contributed by atoms with van der Waals surface area (Å²) in [4.78, 5) is 4.18. The molecule has 4 nitrogen and oxygen atoms in total. The molecule has 0 radical (unpaired) electrons. The lowest BCUT2D eigenvalue weighted by Gasteiger charge is -2.16. The Morgan fingerprint density at radius 1 is 1.17 bits per heavy atom. The van der Waals surface area contributed by atoms with E-state index in [0.717, 1.165) is 18.5 Å². The molecule has 1 fully saturated rings. The first-order valence-electron chi connectivity index (χ1n) is 7.91. The van der Waals surface area contributed by atoms with Gasteiger partial charge in [-0.05, 0) is 48.6 Å². The minimum atomic E-state index is -2.92. The number of ether oxygens (including phenoxy) is 2. The minimum absolute atomic E-state index is 0.0144. The van der Waals surface area contributed by atoms with E-state index in [-0.39, 0.29) is 11.5 Å². The maximum atomic E-state index is 12.5. The van der Waals surface area contributed by atoms with E-state index in [0.29, 0.717) is 24.5 Å². The lowest BCUT2D eigenvalue weighted by atomic mass is 10.0. The van der Waals surface area contributed by atoms with E-state index in [1.807, 2.05) is 12.1 Å². The van der Waals surface area contributed by atoms with Crippen LogP contribution in [0.1, 0.15) is 30.2 Å². The number of aliphatic hydroxyl groups is 1. The quantitative estimate of drug-likeness (QED) is 0.798. The van der Waals surface area contributed by atoms with Crippen LogP contribution in [-0.2, 0) is 6.42 Å². The lowest BCUT2D eigenvalue weighted by molar-refractivity contribution is -0.0515. The molecule has 1 aliphatic rings. The van der Waals surface area contributed by atoms with E-state index in [9.17, 15) is 13.9 Å². The Balaban J connectivity index is 1.75. The van der Waals surface area contributed by atoms with Crippen LogP contribution in [-0.4, -0.2) is 23.3 Å². The SMILES string of the molecule is OC(Cc1ccccn1)c1ccc(OC(F)F)c(OCC2CC2)c1. The van der Waals surface area contributed by atoms with Gasteiger partial charge >= 0.3 is 6.61 Å². The molecule has 24 heavy (non-hydrogen) atoms. The van der Waals surface area contributed by atoms with Crippen LogP contribution in [0, 0.1) is 5.92 Å². The van der Waals surface area contributed by atoms with E-state index in [2.05, 4.69) is 9.72 Å². The summed E-state index contributed by atoms with van der Waals surface area (Å²) in [5, 5.41) is 10.4. The second kappa shape index (κ2) is 7.57. The summed E-state index contributed by atoms with van der Waals surface area (Å²) in [5.41, 5.74) is 1.33. The zero-order valence-corrected chi connectivity index (χ0v) is 13.1. The molecular formula is C18H19F2NO3. The molecule has 6 heteroatoms. The highest BCUT2D eigenvalue weighted by molar-refractivity contribution is 5.44. The fraction of sp³-hybridized carbons (Fsp3) is 0.389. The zero-order chi connectivity index (χ0) is 16.9. The van der Waals surface area contributed by atoms with Crippen LogP contribution >= 0.6 is 0 Å². The largest absolute Gasteiger partial charge is 0.489 e. The molecule has 1 aromatic carbocycles. The molecule has 1 aromatic heterocycles. The molecule has 1 unspecified atom stereocenters. The molecule has 0 aliphatic heterocycles. The van der Waals surface area contributed by atoms with Crippen molar-refractivity contribution in [1.82, 2.24) is 4.98 Å². The van der Waals surface area contributed by atoms with Gasteiger partial charge in [0.1, 0.15) is 0 Å². The van der Waals surface area contributed by atoms with Gasteiger partial charge in [-0.3, -0.25) is 4.98 Å². The highest BCUT2D eigenvalue weighted by atomic mass is 19.3. The Morgan fingerprint density at radius 3 is 2.67 bits per heavy atom. The standard InChI is InChI=1S/C18H19F2NO3/c19-18(20)24-16-7-6-13(9-17(16)23-11-12-4-5-12)15(22)10-14-3-1-2-8-21-14/h1-3,6-9,12,15,18,22H,4-5,10-11H2. The first-order valence-corrected chi connectivity index (χ1v) is 7.91. The summed E-state index contributed by atoms with van der Waals surface area (Å²) in [7, 11) is 0. The number of rotatable bonds is 8. The van der Waals surface area contributed by atoms with Crippen LogP contribution in [0.15, 0.2) is 42.6 Å². The van der Waals surface area contributed by atoms with Gasteiger partial charge in [0.05, 0.1) is 12.7 Å². The van der Waals surface area contributed by atoms with Gasteiger partial charge in [0.25, 0.3) is 0 Å². The Kier molecular flexibility index (Phi) is 5.25. The number of halogens is 2. The molecule has 1 atom stereocenters. The fourth-order valence-corrected chi connectivity index (χ4v) is 2.37. The van der Waals surface area contributed by atoms with Crippen molar-refractivity contribution in [2.24, 2.45) is 5.92 Å². The molecule has 0 amide bonds. The van der Waals surface area contributed by atoms with Crippen molar-refractivity contribution in [2.75, 3.05) is 6.61 Å². The Bertz CT molecular complexity index is 663. The van der Waals surface area contributed by atoms with E-state index >= 15 is 0 Å². The van der Waals surface area contributed by atoms with Crippen molar-refractivity contribution in [1.29, 1.82) is 0 Å². The van der Waals surface area contributed by atoms with Crippen LogP contribution in [0.2, 0.25) is 0 Å². The van der Waals surface area contributed by atoms with Crippen LogP contribution < -0.4 is 9.47 Å². The van der Waals surface area contributed by atoms with Crippen LogP contribution in [0.4, 0.5) is 8.78 Å². The third-order valence-electron chi connectivity index (χ3n) is 3.87. The van der Waals surface area contributed by atoms with Gasteiger partial charge in [-0.1, -0.05) is 12.1 Å². The van der Waals surface area contributed by atoms with Crippen molar-refractivity contribution in [3.05, 3.63) is 53.9 Å². The van der Waals surface area contributed by atoms with Crippen molar-refractivity contribution in [3.63, 3.8) is 0 Å². The third kappa shape index (κ3) is 4.64. The zero-order valence-electron chi connectivity index (χ0n) is 13.1. The van der Waals surface area contributed by atoms with Gasteiger partial charge < -0.3 is 14.6 Å². The summed E-state index contributed by atoms with van der Waals surface area (Å²) in [6.45, 7) is -2.45. The molecule has 2 aromatic rings. The number of nitrogens with zero attached hydrogens (tertiary/aromatic N) is 1. The van der Waals surface area contributed by atoms with E-state index in [1.54, 1.807) is 24.4 Å². The molecule has 0 spiro atoms. The minimum Gasteiger partial charge on any atom is -0.489 e. The molecule has 1 saturated carbocycles. The molecule has 3 rings (SSSR count). The van der Waals surface area contributed by atoms with Crippen molar-refractivity contribution in [3.8, 4) is 11.5 Å². The van der Waals surface area contributed by atoms with Gasteiger partial charge in [-0.15, -0.1) is 0 Å². The van der Waals surface area contributed by atoms with Crippen molar-refractivity contribution >= 4 is 0 Å².